The Morgan fingerprint density at radius 1 is 1.24 bits per heavy atom. The summed E-state index contributed by atoms with van der Waals surface area (Å²) in [5, 5.41) is 3.81. The van der Waals surface area contributed by atoms with Crippen molar-refractivity contribution in [3.05, 3.63) is 21.4 Å². The number of thioether (sulfide) groups is 1. The van der Waals surface area contributed by atoms with E-state index in [1.165, 1.54) is 50.0 Å². The van der Waals surface area contributed by atoms with Crippen LogP contribution >= 0.6 is 23.1 Å². The van der Waals surface area contributed by atoms with Crippen molar-refractivity contribution in [2.24, 2.45) is 11.8 Å². The molecule has 1 atom stereocenters. The third-order valence-electron chi connectivity index (χ3n) is 5.32. The molecular weight excluding hydrogens is 294 g/mol. The quantitative estimate of drug-likeness (QED) is 0.778. The summed E-state index contributed by atoms with van der Waals surface area (Å²) in [6.07, 6.45) is 8.42. The molecule has 21 heavy (non-hydrogen) atoms. The van der Waals surface area contributed by atoms with Crippen molar-refractivity contribution < 1.29 is 0 Å². The van der Waals surface area contributed by atoms with Gasteiger partial charge in [-0.15, -0.1) is 11.3 Å². The van der Waals surface area contributed by atoms with Gasteiger partial charge in [0.1, 0.15) is 0 Å². The van der Waals surface area contributed by atoms with E-state index in [0.717, 1.165) is 18.4 Å². The highest BCUT2D eigenvalue weighted by atomic mass is 32.2. The molecule has 2 heterocycles. The molecule has 1 aromatic rings. The van der Waals surface area contributed by atoms with Crippen LogP contribution in [-0.2, 0) is 12.2 Å². The molecule has 0 saturated heterocycles. The number of hydrogen-bond acceptors (Lipinski definition) is 3. The summed E-state index contributed by atoms with van der Waals surface area (Å²) in [5.41, 5.74) is 1.64. The molecule has 0 spiro atoms. The van der Waals surface area contributed by atoms with Crippen LogP contribution < -0.4 is 5.32 Å². The van der Waals surface area contributed by atoms with Crippen molar-refractivity contribution in [2.75, 3.05) is 12.3 Å². The maximum Gasteiger partial charge on any atom is 0.0443 e. The molecule has 2 aliphatic rings. The van der Waals surface area contributed by atoms with E-state index < -0.39 is 0 Å². The average Bonchev–Trinajstić information content (AvgIpc) is 2.96. The molecule has 1 unspecified atom stereocenters. The molecule has 3 heteroatoms. The molecule has 1 saturated carbocycles. The maximum absolute atomic E-state index is 3.81. The molecule has 118 valence electrons. The fraction of sp³-hybridized carbons (Fsp3) is 0.778. The standard InChI is InChI=1S/C18H29NS2/c1-3-13-5-7-14(8-6-13)18(19-4-2)17-11-15-12-20-10-9-16(15)21-17/h11,13-14,18-19H,3-10,12H2,1-2H3. The van der Waals surface area contributed by atoms with Gasteiger partial charge < -0.3 is 5.32 Å². The lowest BCUT2D eigenvalue weighted by molar-refractivity contribution is 0.222. The summed E-state index contributed by atoms with van der Waals surface area (Å²) in [7, 11) is 0. The first-order valence-corrected chi connectivity index (χ1v) is 10.7. The molecule has 1 aliphatic heterocycles. The number of aryl methyl sites for hydroxylation is 1. The number of hydrogen-bond donors (Lipinski definition) is 1. The van der Waals surface area contributed by atoms with E-state index in [4.69, 9.17) is 0 Å². The van der Waals surface area contributed by atoms with E-state index in [2.05, 4.69) is 48.3 Å². The first-order chi connectivity index (χ1) is 10.3. The van der Waals surface area contributed by atoms with E-state index in [-0.39, 0.29) is 0 Å². The number of fused-ring (bicyclic) bond motifs is 1. The van der Waals surface area contributed by atoms with E-state index in [1.54, 1.807) is 15.3 Å². The predicted octanol–water partition coefficient (Wildman–Crippen LogP) is 5.40. The fourth-order valence-corrected chi connectivity index (χ4v) is 6.52. The van der Waals surface area contributed by atoms with Crippen molar-refractivity contribution in [3.63, 3.8) is 0 Å². The summed E-state index contributed by atoms with van der Waals surface area (Å²) in [6, 6.07) is 3.15. The summed E-state index contributed by atoms with van der Waals surface area (Å²) in [5.74, 6) is 4.42. The average molecular weight is 324 g/mol. The molecule has 1 fully saturated rings. The summed E-state index contributed by atoms with van der Waals surface area (Å²) in [6.45, 7) is 5.71. The van der Waals surface area contributed by atoms with Crippen molar-refractivity contribution in [2.45, 2.75) is 64.2 Å². The van der Waals surface area contributed by atoms with E-state index in [9.17, 15) is 0 Å². The second-order valence-electron chi connectivity index (χ2n) is 6.62. The molecule has 1 N–H and O–H groups in total. The van der Waals surface area contributed by atoms with Gasteiger partial charge in [0, 0.05) is 21.5 Å². The molecule has 0 bridgehead atoms. The smallest absolute Gasteiger partial charge is 0.0443 e. The monoisotopic (exact) mass is 323 g/mol. The molecule has 1 aromatic heterocycles. The Morgan fingerprint density at radius 2 is 2.05 bits per heavy atom. The summed E-state index contributed by atoms with van der Waals surface area (Å²) in [4.78, 5) is 3.30. The minimum atomic E-state index is 0.619. The number of thiophene rings is 1. The van der Waals surface area contributed by atoms with Gasteiger partial charge >= 0.3 is 0 Å². The zero-order valence-corrected chi connectivity index (χ0v) is 15.1. The molecule has 1 nitrogen and oxygen atoms in total. The van der Waals surface area contributed by atoms with Gasteiger partial charge in [0.05, 0.1) is 0 Å². The Hall–Kier alpha value is 0.01000. The zero-order valence-electron chi connectivity index (χ0n) is 13.5. The number of nitrogens with one attached hydrogen (secondary N) is 1. The Balaban J connectivity index is 1.73. The zero-order chi connectivity index (χ0) is 14.7. The van der Waals surface area contributed by atoms with Crippen LogP contribution in [0.1, 0.15) is 67.3 Å². The number of rotatable bonds is 5. The van der Waals surface area contributed by atoms with E-state index >= 15 is 0 Å². The van der Waals surface area contributed by atoms with Crippen LogP contribution in [0.2, 0.25) is 0 Å². The van der Waals surface area contributed by atoms with Gasteiger partial charge in [-0.05, 0) is 55.0 Å². The Bertz CT molecular complexity index is 423. The van der Waals surface area contributed by atoms with Gasteiger partial charge in [-0.1, -0.05) is 33.1 Å². The van der Waals surface area contributed by atoms with Crippen LogP contribution in [0.3, 0.4) is 0 Å². The molecule has 0 radical (unpaired) electrons. The minimum absolute atomic E-state index is 0.619. The first-order valence-electron chi connectivity index (χ1n) is 8.74. The lowest BCUT2D eigenvalue weighted by Gasteiger charge is -2.33. The second kappa shape index (κ2) is 7.52. The fourth-order valence-electron chi connectivity index (χ4n) is 3.97. The van der Waals surface area contributed by atoms with Crippen molar-refractivity contribution >= 4 is 23.1 Å². The van der Waals surface area contributed by atoms with Crippen LogP contribution in [0.15, 0.2) is 6.07 Å². The van der Waals surface area contributed by atoms with Crippen molar-refractivity contribution in [1.29, 1.82) is 0 Å². The minimum Gasteiger partial charge on any atom is -0.309 e. The van der Waals surface area contributed by atoms with Gasteiger partial charge in [0.25, 0.3) is 0 Å². The van der Waals surface area contributed by atoms with Gasteiger partial charge in [-0.25, -0.2) is 0 Å². The Labute approximate surface area is 138 Å². The largest absolute Gasteiger partial charge is 0.309 e. The van der Waals surface area contributed by atoms with Crippen molar-refractivity contribution in [1.82, 2.24) is 5.32 Å². The van der Waals surface area contributed by atoms with E-state index in [0.29, 0.717) is 6.04 Å². The van der Waals surface area contributed by atoms with Crippen LogP contribution in [0.4, 0.5) is 0 Å². The highest BCUT2D eigenvalue weighted by Gasteiger charge is 2.29. The summed E-state index contributed by atoms with van der Waals surface area (Å²) >= 11 is 4.21. The lowest BCUT2D eigenvalue weighted by atomic mass is 9.77. The Kier molecular flexibility index (Phi) is 5.69. The highest BCUT2D eigenvalue weighted by Crippen LogP contribution is 2.42. The van der Waals surface area contributed by atoms with Gasteiger partial charge in [-0.3, -0.25) is 0 Å². The first kappa shape index (κ1) is 15.9. The third-order valence-corrected chi connectivity index (χ3v) is 7.65. The van der Waals surface area contributed by atoms with Gasteiger partial charge in [0.2, 0.25) is 0 Å². The van der Waals surface area contributed by atoms with Crippen molar-refractivity contribution in [3.8, 4) is 0 Å². The molecule has 0 amide bonds. The molecular formula is C18H29NS2. The highest BCUT2D eigenvalue weighted by molar-refractivity contribution is 7.98. The van der Waals surface area contributed by atoms with Gasteiger partial charge in [-0.2, -0.15) is 11.8 Å². The summed E-state index contributed by atoms with van der Waals surface area (Å²) < 4.78 is 0. The SMILES string of the molecule is CCNC(c1cc2c(s1)CCSC2)C1CCC(CC)CC1. The topological polar surface area (TPSA) is 12.0 Å². The third kappa shape index (κ3) is 3.68. The molecule has 1 aliphatic carbocycles. The Morgan fingerprint density at radius 3 is 2.71 bits per heavy atom. The normalized spacial score (nSPS) is 27.3. The second-order valence-corrected chi connectivity index (χ2v) is 8.90. The molecule has 0 aromatic carbocycles. The molecule has 3 rings (SSSR count). The van der Waals surface area contributed by atoms with Crippen LogP contribution in [0.5, 0.6) is 0 Å². The predicted molar refractivity (Wildman–Crippen MR) is 96.3 cm³/mol. The van der Waals surface area contributed by atoms with Crippen LogP contribution in [0.25, 0.3) is 0 Å². The maximum atomic E-state index is 3.81. The van der Waals surface area contributed by atoms with E-state index in [1.807, 2.05) is 0 Å². The van der Waals surface area contributed by atoms with Crippen LogP contribution in [-0.4, -0.2) is 12.3 Å². The van der Waals surface area contributed by atoms with Gasteiger partial charge in [0.15, 0.2) is 0 Å². The van der Waals surface area contributed by atoms with Crippen LogP contribution in [0, 0.1) is 11.8 Å². The lowest BCUT2D eigenvalue weighted by Crippen LogP contribution is -2.30.